The second kappa shape index (κ2) is 8.67. The normalized spacial score (nSPS) is 49.7. The highest BCUT2D eigenvalue weighted by Crippen LogP contribution is 2.41. The fourth-order valence-electron chi connectivity index (χ4n) is 6.21. The number of ether oxygens (including phenoxy) is 2. The minimum atomic E-state index is 0.215. The first-order valence-corrected chi connectivity index (χ1v) is 12.2. The van der Waals surface area contributed by atoms with Crippen molar-refractivity contribution >= 4 is 11.8 Å². The lowest BCUT2D eigenvalue weighted by Crippen LogP contribution is -2.62. The van der Waals surface area contributed by atoms with Crippen LogP contribution >= 0.6 is 11.8 Å². The summed E-state index contributed by atoms with van der Waals surface area (Å²) < 4.78 is 11.4. The second-order valence-corrected chi connectivity index (χ2v) is 10.5. The number of hydrazine groups is 2. The molecule has 5 fully saturated rings. The van der Waals surface area contributed by atoms with Crippen LogP contribution in [0.15, 0.2) is 0 Å². The van der Waals surface area contributed by atoms with E-state index in [1.807, 2.05) is 26.0 Å². The van der Waals surface area contributed by atoms with Gasteiger partial charge in [0, 0.05) is 26.3 Å². The average molecular weight is 412 g/mol. The summed E-state index contributed by atoms with van der Waals surface area (Å²) in [5, 5.41) is 6.90. The molecule has 3 aliphatic heterocycles. The summed E-state index contributed by atoms with van der Waals surface area (Å²) in [6, 6.07) is 1.24. The number of nitrogens with zero attached hydrogens (tertiary/aromatic N) is 1. The molecule has 7 nitrogen and oxygen atoms in total. The van der Waals surface area contributed by atoms with Gasteiger partial charge in [-0.3, -0.25) is 0 Å². The van der Waals surface area contributed by atoms with Gasteiger partial charge in [0.1, 0.15) is 11.7 Å². The number of fused-ring (bicyclic) bond motifs is 2. The van der Waals surface area contributed by atoms with Crippen molar-refractivity contribution in [2.24, 2.45) is 11.8 Å². The molecule has 28 heavy (non-hydrogen) atoms. The Labute approximate surface area is 173 Å². The predicted molar refractivity (Wildman–Crippen MR) is 111 cm³/mol. The van der Waals surface area contributed by atoms with E-state index in [-0.39, 0.29) is 12.2 Å². The van der Waals surface area contributed by atoms with Gasteiger partial charge in [0.2, 0.25) is 0 Å². The highest BCUT2D eigenvalue weighted by atomic mass is 32.2. The molecule has 0 aromatic carbocycles. The highest BCUT2D eigenvalue weighted by Gasteiger charge is 2.49. The average Bonchev–Trinajstić information content (AvgIpc) is 3.34. The van der Waals surface area contributed by atoms with Gasteiger partial charge >= 0.3 is 0 Å². The standard InChI is InChI=1S/C20H37N5O2S/c1-26-16-10-8-13(11-17(16)27-2)19-24-25-18(22-23-20(25)28-19)15-9-7-12-5-3-4-6-14(12)21-15/h12-24H,3-11H2,1-2H3. The molecular formula is C20H37N5O2S. The van der Waals surface area contributed by atoms with E-state index in [1.165, 1.54) is 44.9 Å². The van der Waals surface area contributed by atoms with Crippen molar-refractivity contribution in [3.8, 4) is 0 Å². The Hall–Kier alpha value is 0.0700. The third kappa shape index (κ3) is 3.75. The molecule has 0 amide bonds. The van der Waals surface area contributed by atoms with E-state index in [0.717, 1.165) is 24.8 Å². The summed E-state index contributed by atoms with van der Waals surface area (Å²) in [5.41, 5.74) is 11.3. The first-order valence-electron chi connectivity index (χ1n) is 11.3. The van der Waals surface area contributed by atoms with Crippen LogP contribution in [0.1, 0.15) is 57.8 Å². The molecule has 5 rings (SSSR count). The SMILES string of the molecule is COC1CCC(C2NN3C(NNC3C3CCC4CCCCC4N3)S2)CC1OC. The maximum absolute atomic E-state index is 5.73. The zero-order valence-corrected chi connectivity index (χ0v) is 18.0. The summed E-state index contributed by atoms with van der Waals surface area (Å²) >= 11 is 2.02. The van der Waals surface area contributed by atoms with Gasteiger partial charge in [-0.25, -0.2) is 16.3 Å². The fraction of sp³-hybridized carbons (Fsp3) is 1.00. The molecule has 0 radical (unpaired) electrons. The van der Waals surface area contributed by atoms with Gasteiger partial charge < -0.3 is 14.8 Å². The Kier molecular flexibility index (Phi) is 6.19. The summed E-state index contributed by atoms with van der Waals surface area (Å²) in [6.07, 6.45) is 12.4. The largest absolute Gasteiger partial charge is 0.379 e. The maximum atomic E-state index is 5.73. The minimum absolute atomic E-state index is 0.215. The Balaban J connectivity index is 1.19. The molecule has 5 aliphatic rings. The van der Waals surface area contributed by atoms with E-state index in [9.17, 15) is 0 Å². The quantitative estimate of drug-likeness (QED) is 0.558. The van der Waals surface area contributed by atoms with Gasteiger partial charge in [-0.2, -0.15) is 5.01 Å². The van der Waals surface area contributed by atoms with E-state index in [4.69, 9.17) is 9.47 Å². The van der Waals surface area contributed by atoms with Crippen LogP contribution in [0.25, 0.3) is 0 Å². The molecule has 0 bridgehead atoms. The smallest absolute Gasteiger partial charge is 0.137 e. The van der Waals surface area contributed by atoms with Crippen LogP contribution in [-0.2, 0) is 9.47 Å². The van der Waals surface area contributed by atoms with Crippen LogP contribution in [0.2, 0.25) is 0 Å². The number of nitrogens with one attached hydrogen (secondary N) is 4. The van der Waals surface area contributed by atoms with Gasteiger partial charge in [0.15, 0.2) is 0 Å². The van der Waals surface area contributed by atoms with Crippen LogP contribution in [0.4, 0.5) is 0 Å². The second-order valence-electron chi connectivity index (χ2n) is 9.30. The Morgan fingerprint density at radius 3 is 2.50 bits per heavy atom. The summed E-state index contributed by atoms with van der Waals surface area (Å²) in [4.78, 5) is 0. The zero-order chi connectivity index (χ0) is 19.1. The van der Waals surface area contributed by atoms with Crippen molar-refractivity contribution in [3.05, 3.63) is 0 Å². The molecule has 160 valence electrons. The summed E-state index contributed by atoms with van der Waals surface area (Å²) in [5.74, 6) is 1.53. The number of hydrogen-bond acceptors (Lipinski definition) is 8. The maximum Gasteiger partial charge on any atom is 0.137 e. The van der Waals surface area contributed by atoms with E-state index < -0.39 is 0 Å². The molecule has 8 heteroatoms. The number of methoxy groups -OCH3 is 2. The number of hydrogen-bond donors (Lipinski definition) is 4. The van der Waals surface area contributed by atoms with Crippen molar-refractivity contribution in [1.82, 2.24) is 26.6 Å². The fourth-order valence-corrected chi connectivity index (χ4v) is 7.60. The van der Waals surface area contributed by atoms with E-state index in [0.29, 0.717) is 29.0 Å². The molecule has 0 aromatic heterocycles. The molecule has 9 unspecified atom stereocenters. The lowest BCUT2D eigenvalue weighted by Gasteiger charge is -2.43. The topological polar surface area (TPSA) is 69.8 Å². The van der Waals surface area contributed by atoms with Crippen molar-refractivity contribution < 1.29 is 9.47 Å². The number of thioether (sulfide) groups is 1. The van der Waals surface area contributed by atoms with Crippen molar-refractivity contribution in [2.75, 3.05) is 14.2 Å². The molecule has 0 aromatic rings. The van der Waals surface area contributed by atoms with Crippen LogP contribution in [0.3, 0.4) is 0 Å². The zero-order valence-electron chi connectivity index (χ0n) is 17.2. The number of rotatable bonds is 4. The van der Waals surface area contributed by atoms with Gasteiger partial charge in [-0.15, -0.1) is 11.8 Å². The van der Waals surface area contributed by atoms with Gasteiger partial charge in [-0.05, 0) is 56.8 Å². The molecular weight excluding hydrogens is 374 g/mol. The van der Waals surface area contributed by atoms with Crippen molar-refractivity contribution in [1.29, 1.82) is 0 Å². The molecule has 2 saturated carbocycles. The third-order valence-electron chi connectivity index (χ3n) is 7.83. The highest BCUT2D eigenvalue weighted by molar-refractivity contribution is 8.00. The summed E-state index contributed by atoms with van der Waals surface area (Å²) in [6.45, 7) is 0. The molecule has 0 spiro atoms. The molecule has 4 N–H and O–H groups in total. The van der Waals surface area contributed by atoms with Crippen molar-refractivity contribution in [3.63, 3.8) is 0 Å². The molecule has 2 aliphatic carbocycles. The molecule has 3 saturated heterocycles. The molecule has 3 heterocycles. The first-order chi connectivity index (χ1) is 13.8. The first kappa shape index (κ1) is 20.0. The number of piperidine rings is 1. The Bertz CT molecular complexity index is 543. The minimum Gasteiger partial charge on any atom is -0.379 e. The Morgan fingerprint density at radius 1 is 0.821 bits per heavy atom. The summed E-state index contributed by atoms with van der Waals surface area (Å²) in [7, 11) is 3.63. The van der Waals surface area contributed by atoms with Crippen LogP contribution in [0, 0.1) is 11.8 Å². The lowest BCUT2D eigenvalue weighted by molar-refractivity contribution is -0.0728. The monoisotopic (exact) mass is 411 g/mol. The van der Waals surface area contributed by atoms with Gasteiger partial charge in [0.05, 0.1) is 17.6 Å². The van der Waals surface area contributed by atoms with Crippen LogP contribution in [-0.4, -0.2) is 60.6 Å². The van der Waals surface area contributed by atoms with Crippen LogP contribution in [0.5, 0.6) is 0 Å². The van der Waals surface area contributed by atoms with E-state index in [1.54, 1.807) is 0 Å². The third-order valence-corrected chi connectivity index (χ3v) is 9.22. The van der Waals surface area contributed by atoms with Gasteiger partial charge in [-0.1, -0.05) is 12.8 Å². The lowest BCUT2D eigenvalue weighted by atomic mass is 9.77. The van der Waals surface area contributed by atoms with Crippen molar-refractivity contribution in [2.45, 2.75) is 99.1 Å². The predicted octanol–water partition coefficient (Wildman–Crippen LogP) is 1.72. The van der Waals surface area contributed by atoms with E-state index in [2.05, 4.69) is 26.6 Å². The molecule has 9 atom stereocenters. The Morgan fingerprint density at radius 2 is 1.64 bits per heavy atom. The van der Waals surface area contributed by atoms with Gasteiger partial charge in [0.25, 0.3) is 0 Å². The van der Waals surface area contributed by atoms with E-state index >= 15 is 0 Å². The van der Waals surface area contributed by atoms with Crippen LogP contribution < -0.4 is 21.6 Å².